The quantitative estimate of drug-likeness (QED) is 0.0889. The molecule has 20 nitrogen and oxygen atoms in total. The molecule has 0 radical (unpaired) electrons. The third-order valence-electron chi connectivity index (χ3n) is 10.8. The zero-order valence-electron chi connectivity index (χ0n) is 30.8. The molecule has 4 heterocycles. The van der Waals surface area contributed by atoms with Gasteiger partial charge in [0.05, 0.1) is 29.9 Å². The topological polar surface area (TPSA) is 321 Å². The number of halogens is 2. The molecule has 11 N–H and O–H groups in total. The van der Waals surface area contributed by atoms with Crippen LogP contribution in [0.25, 0.3) is 0 Å². The largest absolute Gasteiger partial charge is 0.506 e. The lowest BCUT2D eigenvalue weighted by atomic mass is 9.80. The Labute approximate surface area is 350 Å². The van der Waals surface area contributed by atoms with Crippen molar-refractivity contribution in [1.29, 1.82) is 0 Å². The molecule has 4 aliphatic heterocycles. The molecule has 0 spiro atoms. The molecule has 3 aromatic rings. The van der Waals surface area contributed by atoms with Gasteiger partial charge in [-0.1, -0.05) is 53.5 Å². The molecule has 1 unspecified atom stereocenters. The Morgan fingerprint density at radius 1 is 0.600 bits per heavy atom. The lowest BCUT2D eigenvalue weighted by Crippen LogP contribution is -2.66. The first-order valence-corrected chi connectivity index (χ1v) is 20.5. The maximum Gasteiger partial charge on any atom is 0.298 e. The predicted octanol–water partition coefficient (Wildman–Crippen LogP) is -2.46. The molecule has 0 aliphatic carbocycles. The van der Waals surface area contributed by atoms with Crippen LogP contribution in [0.1, 0.15) is 16.7 Å². The fourth-order valence-electron chi connectivity index (χ4n) is 7.61. The minimum atomic E-state index is -4.34. The predicted molar refractivity (Wildman–Crippen MR) is 199 cm³/mol. The number of ether oxygens (including phenoxy) is 6. The van der Waals surface area contributed by atoms with Crippen molar-refractivity contribution in [2.24, 2.45) is 0 Å². The van der Waals surface area contributed by atoms with Gasteiger partial charge in [0.25, 0.3) is 10.1 Å². The van der Waals surface area contributed by atoms with Gasteiger partial charge in [0.15, 0.2) is 18.2 Å². The first-order chi connectivity index (χ1) is 28.5. The second-order valence-electron chi connectivity index (χ2n) is 14.5. The van der Waals surface area contributed by atoms with E-state index in [0.29, 0.717) is 0 Å². The average molecular weight is 910 g/mol. The molecule has 0 aromatic heterocycles. The Morgan fingerprint density at radius 3 is 1.67 bits per heavy atom. The van der Waals surface area contributed by atoms with Crippen molar-refractivity contribution in [3.63, 3.8) is 0 Å². The highest BCUT2D eigenvalue weighted by Gasteiger charge is 2.55. The van der Waals surface area contributed by atoms with Gasteiger partial charge in [-0.05, 0) is 41.5 Å². The Balaban J connectivity index is 1.08. The summed E-state index contributed by atoms with van der Waals surface area (Å²) in [6, 6.07) is 14.1. The van der Waals surface area contributed by atoms with Crippen LogP contribution in [-0.2, 0) is 43.6 Å². The van der Waals surface area contributed by atoms with E-state index in [1.807, 2.05) is 0 Å². The van der Waals surface area contributed by atoms with Crippen LogP contribution in [0.5, 0.6) is 11.5 Å². The number of phenols is 1. The van der Waals surface area contributed by atoms with E-state index >= 15 is 0 Å². The SMILES string of the molecule is O=S1(=O)OC(c2ccc(O)c(Cl)c2)(c2ccc(O[C@@H]3O[C@H](CO)[C@@H](O[C@@H]4O[C@H](CO)[C@@H](O[C@@H]5O[C@H](CO)[C@@H](O)[C@H](O)[C@H]5O)[C@H](O)[C@H]4O)[C@H](O)[C@H]3O)c(Cl)c2)c2ccccc21. The van der Waals surface area contributed by atoms with Crippen LogP contribution in [0.3, 0.4) is 0 Å². The van der Waals surface area contributed by atoms with E-state index in [1.54, 1.807) is 12.1 Å². The first-order valence-electron chi connectivity index (χ1n) is 18.3. The molecular weight excluding hydrogens is 867 g/mol. The second kappa shape index (κ2) is 17.7. The molecule has 0 saturated carbocycles. The maximum atomic E-state index is 13.3. The third-order valence-corrected chi connectivity index (χ3v) is 12.7. The molecule has 23 heteroatoms. The fourth-order valence-corrected chi connectivity index (χ4v) is 9.44. The van der Waals surface area contributed by atoms with Crippen molar-refractivity contribution in [2.75, 3.05) is 19.8 Å². The Hall–Kier alpha value is -2.85. The van der Waals surface area contributed by atoms with Crippen LogP contribution < -0.4 is 4.74 Å². The number of fused-ring (bicyclic) bond motifs is 1. The van der Waals surface area contributed by atoms with E-state index in [9.17, 15) is 64.6 Å². The molecule has 0 amide bonds. The maximum absolute atomic E-state index is 13.3. The lowest BCUT2D eigenvalue weighted by Gasteiger charge is -2.48. The molecule has 4 aliphatic rings. The number of hydrogen-bond acceptors (Lipinski definition) is 20. The van der Waals surface area contributed by atoms with Crippen molar-refractivity contribution < 1.29 is 97.2 Å². The van der Waals surface area contributed by atoms with Gasteiger partial charge < -0.3 is 84.6 Å². The molecule has 3 aromatic carbocycles. The van der Waals surface area contributed by atoms with Gasteiger partial charge in [-0.15, -0.1) is 0 Å². The summed E-state index contributed by atoms with van der Waals surface area (Å²) in [5, 5.41) is 115. The summed E-state index contributed by atoms with van der Waals surface area (Å²) in [7, 11) is -4.34. The van der Waals surface area contributed by atoms with Crippen molar-refractivity contribution in [1.82, 2.24) is 0 Å². The molecule has 3 fully saturated rings. The summed E-state index contributed by atoms with van der Waals surface area (Å²) in [5.74, 6) is -0.414. The van der Waals surface area contributed by atoms with Gasteiger partial charge in [0, 0.05) is 5.56 Å². The number of aliphatic hydroxyl groups excluding tert-OH is 10. The van der Waals surface area contributed by atoms with Crippen LogP contribution in [0.15, 0.2) is 65.6 Å². The van der Waals surface area contributed by atoms with Crippen molar-refractivity contribution in [3.8, 4) is 11.5 Å². The zero-order valence-corrected chi connectivity index (χ0v) is 33.1. The summed E-state index contributed by atoms with van der Waals surface area (Å²) in [6.45, 7) is -2.56. The van der Waals surface area contributed by atoms with Gasteiger partial charge >= 0.3 is 0 Å². The lowest BCUT2D eigenvalue weighted by molar-refractivity contribution is -0.376. The van der Waals surface area contributed by atoms with E-state index in [2.05, 4.69) is 0 Å². The van der Waals surface area contributed by atoms with Gasteiger partial charge in [-0.3, -0.25) is 0 Å². The smallest absolute Gasteiger partial charge is 0.298 e. The van der Waals surface area contributed by atoms with Gasteiger partial charge in [-0.2, -0.15) is 8.42 Å². The molecule has 330 valence electrons. The molecule has 0 bridgehead atoms. The summed E-state index contributed by atoms with van der Waals surface area (Å²) in [6.07, 6.45) is -26.5. The van der Waals surface area contributed by atoms with Gasteiger partial charge in [0.1, 0.15) is 89.6 Å². The van der Waals surface area contributed by atoms with E-state index in [-0.39, 0.29) is 43.1 Å². The molecule has 16 atom stereocenters. The zero-order chi connectivity index (χ0) is 43.4. The van der Waals surface area contributed by atoms with E-state index in [1.165, 1.54) is 48.5 Å². The van der Waals surface area contributed by atoms with E-state index in [0.717, 1.165) is 0 Å². The fraction of sp³-hybridized carbons (Fsp3) is 0.514. The summed E-state index contributed by atoms with van der Waals surface area (Å²) < 4.78 is 66.2. The second-order valence-corrected chi connectivity index (χ2v) is 16.8. The van der Waals surface area contributed by atoms with Crippen molar-refractivity contribution >= 4 is 33.3 Å². The van der Waals surface area contributed by atoms with E-state index in [4.69, 9.17) is 55.8 Å². The standard InChI is InChI=1S/C37H42Cl2O20S/c38-17-9-14(5-7-19(17)43)37(16-3-1-2-4-24(16)60(51,52)59-37)15-6-8-20(18(39)10-15)53-34-30(49)27(46)32(22(12-41)55-34)58-36-31(50)28(47)33(23(13-42)56-36)57-35-29(48)26(45)25(44)21(11-40)54-35/h1-10,21-23,25-36,40-50H,11-13H2/t21-,22-,23-,25-,26+,27-,28-,29-,30-,31-,32-,33-,34-,35+,36+,37?/m1/s1. The van der Waals surface area contributed by atoms with Crippen LogP contribution in [-0.4, -0.2) is 177 Å². The van der Waals surface area contributed by atoms with Gasteiger partial charge in [0.2, 0.25) is 6.29 Å². The Morgan fingerprint density at radius 2 is 1.10 bits per heavy atom. The van der Waals surface area contributed by atoms with Crippen LogP contribution >= 0.6 is 23.2 Å². The minimum absolute atomic E-state index is 0.0926. The van der Waals surface area contributed by atoms with Crippen molar-refractivity contribution in [2.45, 2.75) is 103 Å². The molecule has 7 rings (SSSR count). The number of aliphatic hydroxyl groups is 10. The summed E-state index contributed by atoms with van der Waals surface area (Å²) in [4.78, 5) is -0.126. The summed E-state index contributed by atoms with van der Waals surface area (Å²) in [5.41, 5.74) is -1.24. The number of rotatable bonds is 11. The Kier molecular flexibility index (Phi) is 13.3. The van der Waals surface area contributed by atoms with Crippen LogP contribution in [0, 0.1) is 0 Å². The van der Waals surface area contributed by atoms with E-state index < -0.39 is 128 Å². The minimum Gasteiger partial charge on any atom is -0.506 e. The molecule has 3 saturated heterocycles. The van der Waals surface area contributed by atoms with Crippen molar-refractivity contribution in [3.05, 3.63) is 87.4 Å². The highest BCUT2D eigenvalue weighted by molar-refractivity contribution is 7.87. The highest BCUT2D eigenvalue weighted by Crippen LogP contribution is 2.52. The Bertz CT molecular complexity index is 2110. The average Bonchev–Trinajstić information content (AvgIpc) is 3.48. The van der Waals surface area contributed by atoms with Crippen LogP contribution in [0.4, 0.5) is 0 Å². The normalized spacial score (nSPS) is 39.0. The van der Waals surface area contributed by atoms with Crippen LogP contribution in [0.2, 0.25) is 10.0 Å². The monoisotopic (exact) mass is 908 g/mol. The number of hydrogen-bond donors (Lipinski definition) is 11. The molecule has 60 heavy (non-hydrogen) atoms. The summed E-state index contributed by atoms with van der Waals surface area (Å²) >= 11 is 12.9. The van der Waals surface area contributed by atoms with Gasteiger partial charge in [-0.25, -0.2) is 4.18 Å². The third kappa shape index (κ3) is 8.00. The molecular formula is C37H42Cl2O20S. The number of phenolic OH excluding ortho intramolecular Hbond substituents is 1. The first kappa shape index (κ1) is 45.2. The highest BCUT2D eigenvalue weighted by atomic mass is 35.5. The number of benzene rings is 3. The number of aromatic hydroxyl groups is 1.